The number of methoxy groups -OCH3 is 1. The number of benzene rings is 1. The van der Waals surface area contributed by atoms with Crippen molar-refractivity contribution in [2.45, 2.75) is 19.4 Å². The van der Waals surface area contributed by atoms with Crippen LogP contribution in [-0.4, -0.2) is 64.5 Å². The zero-order chi connectivity index (χ0) is 19.9. The topological polar surface area (TPSA) is 59.3 Å². The molecule has 0 radical (unpaired) electrons. The van der Waals surface area contributed by atoms with Gasteiger partial charge in [0, 0.05) is 51.4 Å². The Bertz CT molecular complexity index is 875. The Hall–Kier alpha value is -2.77. The molecule has 7 nitrogen and oxygen atoms in total. The summed E-state index contributed by atoms with van der Waals surface area (Å²) in [4.78, 5) is 13.5. The van der Waals surface area contributed by atoms with Gasteiger partial charge in [-0.05, 0) is 43.7 Å². The van der Waals surface area contributed by atoms with Gasteiger partial charge < -0.3 is 9.64 Å². The lowest BCUT2D eigenvalue weighted by Gasteiger charge is -2.34. The molecule has 0 bridgehead atoms. The second-order valence-electron chi connectivity index (χ2n) is 7.29. The molecular formula is C22H28N6O. The number of aromatic nitrogens is 4. The maximum Gasteiger partial charge on any atom is 0.225 e. The zero-order valence-electron chi connectivity index (χ0n) is 16.9. The van der Waals surface area contributed by atoms with Crippen molar-refractivity contribution < 1.29 is 4.74 Å². The maximum atomic E-state index is 5.28. The molecule has 7 heteroatoms. The zero-order valence-corrected chi connectivity index (χ0v) is 16.9. The summed E-state index contributed by atoms with van der Waals surface area (Å²) < 4.78 is 7.33. The first-order valence-corrected chi connectivity index (χ1v) is 10.2. The highest BCUT2D eigenvalue weighted by molar-refractivity contribution is 5.33. The van der Waals surface area contributed by atoms with Crippen molar-refractivity contribution in [1.29, 1.82) is 0 Å². The van der Waals surface area contributed by atoms with Gasteiger partial charge in [0.15, 0.2) is 0 Å². The van der Waals surface area contributed by atoms with E-state index in [0.29, 0.717) is 6.61 Å². The van der Waals surface area contributed by atoms with Crippen molar-refractivity contribution in [3.05, 3.63) is 66.2 Å². The van der Waals surface area contributed by atoms with Gasteiger partial charge in [0.1, 0.15) is 0 Å². The Morgan fingerprint density at radius 3 is 2.45 bits per heavy atom. The minimum Gasteiger partial charge on any atom is -0.378 e. The maximum absolute atomic E-state index is 5.28. The molecule has 29 heavy (non-hydrogen) atoms. The summed E-state index contributed by atoms with van der Waals surface area (Å²) in [7, 11) is 1.71. The summed E-state index contributed by atoms with van der Waals surface area (Å²) in [5.74, 6) is 0.838. The van der Waals surface area contributed by atoms with E-state index in [0.717, 1.165) is 62.9 Å². The van der Waals surface area contributed by atoms with E-state index in [9.17, 15) is 0 Å². The fourth-order valence-corrected chi connectivity index (χ4v) is 3.77. The van der Waals surface area contributed by atoms with E-state index in [4.69, 9.17) is 9.84 Å². The Morgan fingerprint density at radius 1 is 0.966 bits per heavy atom. The Balaban J connectivity index is 1.32. The first-order chi connectivity index (χ1) is 14.3. The number of nitrogens with zero attached hydrogens (tertiary/aromatic N) is 6. The number of para-hydroxylation sites is 1. The van der Waals surface area contributed by atoms with Crippen molar-refractivity contribution in [2.75, 3.05) is 44.7 Å². The van der Waals surface area contributed by atoms with Crippen LogP contribution in [0.15, 0.2) is 54.9 Å². The van der Waals surface area contributed by atoms with Crippen LogP contribution >= 0.6 is 0 Å². The average Bonchev–Trinajstić information content (AvgIpc) is 3.18. The molecular weight excluding hydrogens is 364 g/mol. The molecule has 1 saturated heterocycles. The smallest absolute Gasteiger partial charge is 0.225 e. The summed E-state index contributed by atoms with van der Waals surface area (Å²) in [6.07, 6.45) is 5.71. The lowest BCUT2D eigenvalue weighted by atomic mass is 10.2. The van der Waals surface area contributed by atoms with Crippen molar-refractivity contribution in [3.63, 3.8) is 0 Å². The molecule has 0 saturated carbocycles. The first-order valence-electron chi connectivity index (χ1n) is 10.2. The van der Waals surface area contributed by atoms with Crippen LogP contribution in [0, 0.1) is 0 Å². The molecule has 0 N–H and O–H groups in total. The second kappa shape index (κ2) is 9.62. The molecule has 4 rings (SSSR count). The molecule has 1 aliphatic heterocycles. The van der Waals surface area contributed by atoms with E-state index in [1.807, 2.05) is 36.7 Å². The largest absolute Gasteiger partial charge is 0.378 e. The minimum absolute atomic E-state index is 0.538. The molecule has 2 aromatic heterocycles. The van der Waals surface area contributed by atoms with E-state index in [2.05, 4.69) is 42.6 Å². The Morgan fingerprint density at radius 2 is 1.72 bits per heavy atom. The fraction of sp³-hybridized carbons (Fsp3) is 0.409. The SMILES string of the molecule is COCc1cc(CCCN2CCN(c3ncccn3)CC2)n(-c2ccccc2)n1. The quantitative estimate of drug-likeness (QED) is 0.587. The number of aryl methyl sites for hydroxylation is 1. The van der Waals surface area contributed by atoms with E-state index in [1.54, 1.807) is 7.11 Å². The molecule has 1 aromatic carbocycles. The van der Waals surface area contributed by atoms with Gasteiger partial charge in [-0.3, -0.25) is 4.90 Å². The molecule has 3 heterocycles. The second-order valence-corrected chi connectivity index (χ2v) is 7.29. The highest BCUT2D eigenvalue weighted by Gasteiger charge is 2.18. The van der Waals surface area contributed by atoms with E-state index < -0.39 is 0 Å². The number of anilines is 1. The average molecular weight is 393 g/mol. The summed E-state index contributed by atoms with van der Waals surface area (Å²) in [5.41, 5.74) is 3.31. The Labute approximate surface area is 172 Å². The van der Waals surface area contributed by atoms with Crippen molar-refractivity contribution in [2.24, 2.45) is 0 Å². The van der Waals surface area contributed by atoms with Crippen LogP contribution in [-0.2, 0) is 17.8 Å². The molecule has 0 amide bonds. The van der Waals surface area contributed by atoms with Crippen molar-refractivity contribution in [3.8, 4) is 5.69 Å². The van der Waals surface area contributed by atoms with Gasteiger partial charge in [0.05, 0.1) is 18.0 Å². The Kier molecular flexibility index (Phi) is 6.49. The number of ether oxygens (including phenoxy) is 1. The summed E-state index contributed by atoms with van der Waals surface area (Å²) in [6, 6.07) is 14.3. The van der Waals surface area contributed by atoms with Gasteiger partial charge in [0.2, 0.25) is 5.95 Å². The molecule has 3 aromatic rings. The third kappa shape index (κ3) is 4.99. The third-order valence-electron chi connectivity index (χ3n) is 5.24. The van der Waals surface area contributed by atoms with Crippen LogP contribution in [0.2, 0.25) is 0 Å². The van der Waals surface area contributed by atoms with E-state index in [-0.39, 0.29) is 0 Å². The van der Waals surface area contributed by atoms with E-state index >= 15 is 0 Å². The van der Waals surface area contributed by atoms with Crippen LogP contribution < -0.4 is 4.90 Å². The molecule has 1 fully saturated rings. The lowest BCUT2D eigenvalue weighted by molar-refractivity contribution is 0.181. The van der Waals surface area contributed by atoms with Gasteiger partial charge in [-0.1, -0.05) is 18.2 Å². The summed E-state index contributed by atoms with van der Waals surface area (Å²) in [5, 5.41) is 4.74. The molecule has 0 atom stereocenters. The highest BCUT2D eigenvalue weighted by Crippen LogP contribution is 2.16. The number of rotatable bonds is 8. The lowest BCUT2D eigenvalue weighted by Crippen LogP contribution is -2.47. The minimum atomic E-state index is 0.538. The summed E-state index contributed by atoms with van der Waals surface area (Å²) in [6.45, 7) is 5.67. The molecule has 0 spiro atoms. The number of hydrogen-bond donors (Lipinski definition) is 0. The molecule has 0 aliphatic carbocycles. The van der Waals surface area contributed by atoms with Crippen molar-refractivity contribution in [1.82, 2.24) is 24.6 Å². The molecule has 152 valence electrons. The monoisotopic (exact) mass is 392 g/mol. The molecule has 1 aliphatic rings. The van der Waals surface area contributed by atoms with Crippen LogP contribution in [0.1, 0.15) is 17.8 Å². The predicted molar refractivity (Wildman–Crippen MR) is 113 cm³/mol. The van der Waals surface area contributed by atoms with Gasteiger partial charge in [0.25, 0.3) is 0 Å². The van der Waals surface area contributed by atoms with Gasteiger partial charge in [-0.15, -0.1) is 0 Å². The molecule has 0 unspecified atom stereocenters. The van der Waals surface area contributed by atoms with Gasteiger partial charge >= 0.3 is 0 Å². The predicted octanol–water partition coefficient (Wildman–Crippen LogP) is 2.56. The number of piperazine rings is 1. The fourth-order valence-electron chi connectivity index (χ4n) is 3.77. The van der Waals surface area contributed by atoms with E-state index in [1.165, 1.54) is 5.69 Å². The van der Waals surface area contributed by atoms with Crippen molar-refractivity contribution >= 4 is 5.95 Å². The third-order valence-corrected chi connectivity index (χ3v) is 5.24. The summed E-state index contributed by atoms with van der Waals surface area (Å²) >= 11 is 0. The van der Waals surface area contributed by atoms with Gasteiger partial charge in [-0.2, -0.15) is 5.10 Å². The normalized spacial score (nSPS) is 15.0. The van der Waals surface area contributed by atoms with Crippen LogP contribution in [0.3, 0.4) is 0 Å². The first kappa shape index (κ1) is 19.5. The van der Waals surface area contributed by atoms with Crippen LogP contribution in [0.5, 0.6) is 0 Å². The van der Waals surface area contributed by atoms with Gasteiger partial charge in [-0.25, -0.2) is 14.6 Å². The number of hydrogen-bond acceptors (Lipinski definition) is 6. The van der Waals surface area contributed by atoms with Crippen LogP contribution in [0.25, 0.3) is 5.69 Å². The standard InChI is InChI=1S/C22H28N6O/c1-29-18-19-17-21(28(25-19)20-7-3-2-4-8-20)9-5-12-26-13-15-27(16-14-26)22-23-10-6-11-24-22/h2-4,6-8,10-11,17H,5,9,12-16,18H2,1H3. The van der Waals surface area contributed by atoms with Crippen LogP contribution in [0.4, 0.5) is 5.95 Å². The highest BCUT2D eigenvalue weighted by atomic mass is 16.5.